The van der Waals surface area contributed by atoms with Crippen LogP contribution >= 0.6 is 0 Å². The van der Waals surface area contributed by atoms with E-state index < -0.39 is 0 Å². The molecule has 1 aromatic carbocycles. The summed E-state index contributed by atoms with van der Waals surface area (Å²) in [6.07, 6.45) is 7.23. The Morgan fingerprint density at radius 1 is 1.17 bits per heavy atom. The molecule has 0 saturated heterocycles. The number of hydrogen-bond donors (Lipinski definition) is 2. The van der Waals surface area contributed by atoms with Gasteiger partial charge in [-0.3, -0.25) is 9.78 Å². The van der Waals surface area contributed by atoms with E-state index in [1.807, 2.05) is 19.1 Å². The Balaban J connectivity index is 1.65. The minimum absolute atomic E-state index is 0.171. The first kappa shape index (κ1) is 19.5. The van der Waals surface area contributed by atoms with E-state index in [2.05, 4.69) is 25.7 Å². The number of benzene rings is 1. The molecule has 0 bridgehead atoms. The third-order valence-corrected chi connectivity index (χ3v) is 4.97. The zero-order valence-electron chi connectivity index (χ0n) is 16.6. The fraction of sp³-hybridized carbons (Fsp3) is 0.182. The van der Waals surface area contributed by atoms with Crippen LogP contribution in [0.15, 0.2) is 61.2 Å². The number of nitrogens with zero attached hydrogens (tertiary/aromatic N) is 4. The molecule has 2 N–H and O–H groups in total. The highest BCUT2D eigenvalue weighted by Gasteiger charge is 2.19. The van der Waals surface area contributed by atoms with E-state index in [1.54, 1.807) is 42.5 Å². The summed E-state index contributed by atoms with van der Waals surface area (Å²) in [5.74, 6) is 0.183. The highest BCUT2D eigenvalue weighted by Crippen LogP contribution is 2.23. The quantitative estimate of drug-likeness (QED) is 0.510. The third-order valence-electron chi connectivity index (χ3n) is 4.97. The van der Waals surface area contributed by atoms with Crippen LogP contribution in [0.1, 0.15) is 35.3 Å². The van der Waals surface area contributed by atoms with Gasteiger partial charge in [0.1, 0.15) is 11.6 Å². The van der Waals surface area contributed by atoms with Crippen LogP contribution in [0.2, 0.25) is 0 Å². The number of rotatable bonds is 6. The Hall–Kier alpha value is -3.81. The fourth-order valence-electron chi connectivity index (χ4n) is 3.37. The molecule has 30 heavy (non-hydrogen) atoms. The number of anilines is 1. The van der Waals surface area contributed by atoms with Gasteiger partial charge in [0, 0.05) is 24.8 Å². The van der Waals surface area contributed by atoms with Gasteiger partial charge in [-0.15, -0.1) is 0 Å². The fourth-order valence-corrected chi connectivity index (χ4v) is 3.37. The van der Waals surface area contributed by atoms with E-state index in [0.717, 1.165) is 17.8 Å². The summed E-state index contributed by atoms with van der Waals surface area (Å²) in [6, 6.07) is 9.63. The normalized spacial score (nSPS) is 12.0. The zero-order valence-corrected chi connectivity index (χ0v) is 16.6. The lowest BCUT2D eigenvalue weighted by molar-refractivity contribution is 0.0937. The van der Waals surface area contributed by atoms with Crippen molar-refractivity contribution in [3.63, 3.8) is 0 Å². The van der Waals surface area contributed by atoms with Crippen molar-refractivity contribution in [2.24, 2.45) is 0 Å². The van der Waals surface area contributed by atoms with Crippen molar-refractivity contribution < 1.29 is 9.18 Å². The Morgan fingerprint density at radius 3 is 2.70 bits per heavy atom. The SMILES string of the molecule is CCC(NC(=O)c1cncc2c1cnn2-c1ccc(F)cc1)c1ccnc(NC)c1. The maximum Gasteiger partial charge on any atom is 0.254 e. The second-order valence-corrected chi connectivity index (χ2v) is 6.81. The van der Waals surface area contributed by atoms with Gasteiger partial charge in [0.15, 0.2) is 0 Å². The summed E-state index contributed by atoms with van der Waals surface area (Å²) >= 11 is 0. The number of fused-ring (bicyclic) bond motifs is 1. The largest absolute Gasteiger partial charge is 0.373 e. The van der Waals surface area contributed by atoms with Gasteiger partial charge in [0.25, 0.3) is 5.91 Å². The van der Waals surface area contributed by atoms with Crippen LogP contribution < -0.4 is 10.6 Å². The molecule has 1 amide bonds. The van der Waals surface area contributed by atoms with Gasteiger partial charge in [0.2, 0.25) is 0 Å². The number of nitrogens with one attached hydrogen (secondary N) is 2. The van der Waals surface area contributed by atoms with Crippen molar-refractivity contribution >= 4 is 22.6 Å². The highest BCUT2D eigenvalue weighted by atomic mass is 19.1. The minimum atomic E-state index is -0.323. The average molecular weight is 404 g/mol. The molecule has 3 heterocycles. The average Bonchev–Trinajstić information content (AvgIpc) is 3.22. The lowest BCUT2D eigenvalue weighted by atomic mass is 10.0. The van der Waals surface area contributed by atoms with Crippen LogP contribution in [0, 0.1) is 5.82 Å². The Morgan fingerprint density at radius 2 is 1.97 bits per heavy atom. The Labute approximate surface area is 173 Å². The third kappa shape index (κ3) is 3.71. The summed E-state index contributed by atoms with van der Waals surface area (Å²) in [5.41, 5.74) is 2.76. The van der Waals surface area contributed by atoms with Crippen molar-refractivity contribution in [3.8, 4) is 5.69 Å². The van der Waals surface area contributed by atoms with E-state index in [9.17, 15) is 9.18 Å². The van der Waals surface area contributed by atoms with Gasteiger partial charge in [-0.05, 0) is 48.4 Å². The molecule has 0 aliphatic rings. The Bertz CT molecular complexity index is 1190. The zero-order chi connectivity index (χ0) is 21.1. The van der Waals surface area contributed by atoms with Gasteiger partial charge in [-0.2, -0.15) is 5.10 Å². The number of aromatic nitrogens is 4. The molecule has 8 heteroatoms. The standard InChI is InChI=1S/C22H21FN6O/c1-3-19(14-8-9-26-21(10-14)24-2)28-22(30)18-11-25-13-20-17(18)12-27-29(20)16-6-4-15(23)5-7-16/h4-13,19H,3H2,1-2H3,(H,24,26)(H,28,30). The molecule has 0 aliphatic heterocycles. The van der Waals surface area contributed by atoms with Crippen LogP contribution in [0.5, 0.6) is 0 Å². The topological polar surface area (TPSA) is 84.7 Å². The first-order chi connectivity index (χ1) is 14.6. The van der Waals surface area contributed by atoms with Gasteiger partial charge in [0.05, 0.1) is 35.2 Å². The molecule has 1 unspecified atom stereocenters. The van der Waals surface area contributed by atoms with Crippen LogP contribution in [0.4, 0.5) is 10.2 Å². The van der Waals surface area contributed by atoms with Gasteiger partial charge in [-0.25, -0.2) is 14.1 Å². The summed E-state index contributed by atoms with van der Waals surface area (Å²) in [5, 5.41) is 11.1. The number of carbonyl (C=O) groups excluding carboxylic acids is 1. The smallest absolute Gasteiger partial charge is 0.254 e. The molecule has 4 rings (SSSR count). The molecule has 0 fully saturated rings. The molecule has 4 aromatic rings. The lowest BCUT2D eigenvalue weighted by Crippen LogP contribution is -2.28. The number of hydrogen-bond acceptors (Lipinski definition) is 5. The van der Waals surface area contributed by atoms with Crippen LogP contribution in [0.3, 0.4) is 0 Å². The van der Waals surface area contributed by atoms with Crippen molar-refractivity contribution in [2.75, 3.05) is 12.4 Å². The molecule has 152 valence electrons. The summed E-state index contributed by atoms with van der Waals surface area (Å²) in [7, 11) is 1.80. The molecule has 7 nitrogen and oxygen atoms in total. The van der Waals surface area contributed by atoms with Gasteiger partial charge >= 0.3 is 0 Å². The van der Waals surface area contributed by atoms with Crippen LogP contribution in [-0.2, 0) is 0 Å². The van der Waals surface area contributed by atoms with E-state index in [-0.39, 0.29) is 17.8 Å². The maximum absolute atomic E-state index is 13.3. The number of pyridine rings is 2. The molecule has 0 radical (unpaired) electrons. The molecule has 1 atom stereocenters. The highest BCUT2D eigenvalue weighted by molar-refractivity contribution is 6.06. The predicted molar refractivity (Wildman–Crippen MR) is 113 cm³/mol. The van der Waals surface area contributed by atoms with Crippen molar-refractivity contribution in [1.82, 2.24) is 25.1 Å². The summed E-state index contributed by atoms with van der Waals surface area (Å²) in [6.45, 7) is 2.01. The number of amides is 1. The summed E-state index contributed by atoms with van der Waals surface area (Å²) < 4.78 is 14.9. The Kier molecular flexibility index (Phi) is 5.38. The van der Waals surface area contributed by atoms with E-state index in [0.29, 0.717) is 22.2 Å². The first-order valence-corrected chi connectivity index (χ1v) is 9.63. The van der Waals surface area contributed by atoms with E-state index in [1.165, 1.54) is 18.3 Å². The van der Waals surface area contributed by atoms with Gasteiger partial charge in [-0.1, -0.05) is 6.92 Å². The van der Waals surface area contributed by atoms with Crippen molar-refractivity contribution in [3.05, 3.63) is 78.1 Å². The maximum atomic E-state index is 13.3. The van der Waals surface area contributed by atoms with Crippen molar-refractivity contribution in [1.29, 1.82) is 0 Å². The predicted octanol–water partition coefficient (Wildman–Crippen LogP) is 3.88. The molecule has 3 aromatic heterocycles. The summed E-state index contributed by atoms with van der Waals surface area (Å²) in [4.78, 5) is 21.5. The lowest BCUT2D eigenvalue weighted by Gasteiger charge is -2.18. The van der Waals surface area contributed by atoms with E-state index in [4.69, 9.17) is 0 Å². The number of halogens is 1. The second-order valence-electron chi connectivity index (χ2n) is 6.81. The first-order valence-electron chi connectivity index (χ1n) is 9.63. The molecular weight excluding hydrogens is 383 g/mol. The van der Waals surface area contributed by atoms with Crippen LogP contribution in [0.25, 0.3) is 16.6 Å². The number of carbonyl (C=O) groups is 1. The van der Waals surface area contributed by atoms with Crippen molar-refractivity contribution in [2.45, 2.75) is 19.4 Å². The van der Waals surface area contributed by atoms with Crippen LogP contribution in [-0.4, -0.2) is 32.7 Å². The molecule has 0 aliphatic carbocycles. The van der Waals surface area contributed by atoms with E-state index >= 15 is 0 Å². The monoisotopic (exact) mass is 404 g/mol. The van der Waals surface area contributed by atoms with Gasteiger partial charge < -0.3 is 10.6 Å². The second kappa shape index (κ2) is 8.28. The molecule has 0 saturated carbocycles. The minimum Gasteiger partial charge on any atom is -0.373 e. The molecular formula is C22H21FN6O. The molecule has 0 spiro atoms.